The van der Waals surface area contributed by atoms with Crippen LogP contribution in [0.5, 0.6) is 0 Å². The van der Waals surface area contributed by atoms with Gasteiger partial charge in [-0.05, 0) is 27.4 Å². The molecule has 0 saturated carbocycles. The summed E-state index contributed by atoms with van der Waals surface area (Å²) in [6.45, 7) is 7.39. The minimum absolute atomic E-state index is 0.465. The molecule has 0 aliphatic carbocycles. The number of hydrogen-bond donors (Lipinski definition) is 2. The number of piperazine rings is 1. The molecule has 0 radical (unpaired) electrons. The molecule has 0 aromatic carbocycles. The van der Waals surface area contributed by atoms with Crippen molar-refractivity contribution >= 4 is 5.82 Å². The molecule has 1 fully saturated rings. The molecule has 2 rings (SSSR count). The Balaban J connectivity index is 2.20. The number of nitrogens with one attached hydrogen (secondary N) is 1. The maximum atomic E-state index is 5.57. The Morgan fingerprint density at radius 2 is 2.05 bits per heavy atom. The fourth-order valence-electron chi connectivity index (χ4n) is 2.72. The van der Waals surface area contributed by atoms with Crippen LogP contribution >= 0.6 is 0 Å². The molecule has 0 spiro atoms. The summed E-state index contributed by atoms with van der Waals surface area (Å²) >= 11 is 0. The molecular formula is C14H26N6. The lowest BCUT2D eigenvalue weighted by Gasteiger charge is -2.37. The lowest BCUT2D eigenvalue weighted by molar-refractivity contribution is 0.113. The van der Waals surface area contributed by atoms with Gasteiger partial charge >= 0.3 is 0 Å². The van der Waals surface area contributed by atoms with Gasteiger partial charge in [-0.15, -0.1) is 0 Å². The SMILES string of the molecule is CCc1nc(CC2CN(C)CCN2C)nc(NN)c1C. The Kier molecular flexibility index (Phi) is 4.91. The normalized spacial score (nSPS) is 21.1. The van der Waals surface area contributed by atoms with Crippen molar-refractivity contribution in [1.29, 1.82) is 0 Å². The predicted octanol–water partition coefficient (Wildman–Crippen LogP) is 0.421. The van der Waals surface area contributed by atoms with Gasteiger partial charge in [0, 0.05) is 43.4 Å². The summed E-state index contributed by atoms with van der Waals surface area (Å²) in [5.74, 6) is 7.20. The molecule has 6 heteroatoms. The van der Waals surface area contributed by atoms with E-state index < -0.39 is 0 Å². The smallest absolute Gasteiger partial charge is 0.146 e. The van der Waals surface area contributed by atoms with E-state index in [1.165, 1.54) is 0 Å². The van der Waals surface area contributed by atoms with Crippen LogP contribution in [0.1, 0.15) is 24.0 Å². The van der Waals surface area contributed by atoms with Crippen LogP contribution in [-0.4, -0.2) is 59.5 Å². The van der Waals surface area contributed by atoms with Crippen molar-refractivity contribution in [3.05, 3.63) is 17.1 Å². The predicted molar refractivity (Wildman–Crippen MR) is 81.6 cm³/mol. The zero-order chi connectivity index (χ0) is 14.7. The Bertz CT molecular complexity index is 436. The molecule has 1 aromatic heterocycles. The third kappa shape index (κ3) is 3.26. The third-order valence-corrected chi connectivity index (χ3v) is 4.16. The van der Waals surface area contributed by atoms with Crippen molar-refractivity contribution in [3.8, 4) is 0 Å². The zero-order valence-corrected chi connectivity index (χ0v) is 13.0. The molecule has 112 valence electrons. The van der Waals surface area contributed by atoms with Crippen LogP contribution in [0.4, 0.5) is 5.82 Å². The number of hydrazine groups is 1. The molecule has 2 heterocycles. The Labute approximate surface area is 121 Å². The molecule has 1 atom stereocenters. The van der Waals surface area contributed by atoms with E-state index in [1.54, 1.807) is 0 Å². The number of likely N-dealkylation sites (N-methyl/N-ethyl adjacent to an activating group) is 2. The number of nitrogens with zero attached hydrogens (tertiary/aromatic N) is 4. The summed E-state index contributed by atoms with van der Waals surface area (Å²) in [6, 6.07) is 0.465. The van der Waals surface area contributed by atoms with E-state index >= 15 is 0 Å². The van der Waals surface area contributed by atoms with E-state index in [2.05, 4.69) is 41.2 Å². The van der Waals surface area contributed by atoms with Gasteiger partial charge in [-0.25, -0.2) is 15.8 Å². The lowest BCUT2D eigenvalue weighted by atomic mass is 10.1. The summed E-state index contributed by atoms with van der Waals surface area (Å²) in [6.07, 6.45) is 1.76. The number of anilines is 1. The minimum atomic E-state index is 0.465. The van der Waals surface area contributed by atoms with Crippen molar-refractivity contribution in [1.82, 2.24) is 19.8 Å². The van der Waals surface area contributed by atoms with E-state index in [9.17, 15) is 0 Å². The number of hydrogen-bond acceptors (Lipinski definition) is 6. The van der Waals surface area contributed by atoms with Gasteiger partial charge in [-0.1, -0.05) is 6.92 Å². The standard InChI is InChI=1S/C14H26N6/c1-5-12-10(2)14(18-15)17-13(16-12)8-11-9-19(3)6-7-20(11)4/h11H,5-9,15H2,1-4H3,(H,16,17,18). The molecule has 1 aliphatic rings. The van der Waals surface area contributed by atoms with Gasteiger partial charge in [-0.2, -0.15) is 0 Å². The Morgan fingerprint density at radius 3 is 2.70 bits per heavy atom. The second kappa shape index (κ2) is 6.47. The van der Waals surface area contributed by atoms with Crippen molar-refractivity contribution in [2.75, 3.05) is 39.2 Å². The highest BCUT2D eigenvalue weighted by Crippen LogP contribution is 2.17. The second-order valence-electron chi connectivity index (χ2n) is 5.66. The van der Waals surface area contributed by atoms with Crippen LogP contribution in [0.15, 0.2) is 0 Å². The van der Waals surface area contributed by atoms with Crippen LogP contribution in [0.25, 0.3) is 0 Å². The molecule has 1 aliphatic heterocycles. The highest BCUT2D eigenvalue weighted by atomic mass is 15.3. The second-order valence-corrected chi connectivity index (χ2v) is 5.66. The topological polar surface area (TPSA) is 70.3 Å². The average molecular weight is 278 g/mol. The minimum Gasteiger partial charge on any atom is -0.308 e. The number of rotatable bonds is 4. The van der Waals surface area contributed by atoms with Crippen LogP contribution in [0.3, 0.4) is 0 Å². The summed E-state index contributed by atoms with van der Waals surface area (Å²) in [4.78, 5) is 14.0. The maximum Gasteiger partial charge on any atom is 0.146 e. The molecule has 20 heavy (non-hydrogen) atoms. The van der Waals surface area contributed by atoms with Crippen LogP contribution in [-0.2, 0) is 12.8 Å². The quantitative estimate of drug-likeness (QED) is 0.614. The third-order valence-electron chi connectivity index (χ3n) is 4.16. The molecule has 6 nitrogen and oxygen atoms in total. The van der Waals surface area contributed by atoms with Crippen LogP contribution < -0.4 is 11.3 Å². The fourth-order valence-corrected chi connectivity index (χ4v) is 2.72. The van der Waals surface area contributed by atoms with Gasteiger partial charge < -0.3 is 15.2 Å². The average Bonchev–Trinajstić information content (AvgIpc) is 2.44. The fraction of sp³-hybridized carbons (Fsp3) is 0.714. The highest BCUT2D eigenvalue weighted by molar-refractivity contribution is 5.44. The zero-order valence-electron chi connectivity index (χ0n) is 13.0. The van der Waals surface area contributed by atoms with Crippen molar-refractivity contribution < 1.29 is 0 Å². The van der Waals surface area contributed by atoms with Crippen LogP contribution in [0, 0.1) is 6.92 Å². The van der Waals surface area contributed by atoms with Gasteiger partial charge in [0.1, 0.15) is 11.6 Å². The van der Waals surface area contributed by atoms with Gasteiger partial charge in [0.2, 0.25) is 0 Å². The number of nitrogens with two attached hydrogens (primary N) is 1. The molecule has 1 unspecified atom stereocenters. The van der Waals surface area contributed by atoms with E-state index in [0.717, 1.165) is 55.4 Å². The highest BCUT2D eigenvalue weighted by Gasteiger charge is 2.23. The Morgan fingerprint density at radius 1 is 1.30 bits per heavy atom. The van der Waals surface area contributed by atoms with Gasteiger partial charge in [-0.3, -0.25) is 0 Å². The van der Waals surface area contributed by atoms with E-state index in [0.29, 0.717) is 6.04 Å². The first-order valence-electron chi connectivity index (χ1n) is 7.27. The molecule has 1 aromatic rings. The number of aromatic nitrogens is 2. The molecule has 0 bridgehead atoms. The summed E-state index contributed by atoms with van der Waals surface area (Å²) in [5, 5.41) is 0. The number of aryl methyl sites for hydroxylation is 1. The van der Waals surface area contributed by atoms with Crippen molar-refractivity contribution in [2.24, 2.45) is 5.84 Å². The largest absolute Gasteiger partial charge is 0.308 e. The van der Waals surface area contributed by atoms with E-state index in [1.807, 2.05) is 6.92 Å². The molecular weight excluding hydrogens is 252 g/mol. The van der Waals surface area contributed by atoms with Crippen LogP contribution in [0.2, 0.25) is 0 Å². The van der Waals surface area contributed by atoms with Crippen molar-refractivity contribution in [3.63, 3.8) is 0 Å². The van der Waals surface area contributed by atoms with E-state index in [-0.39, 0.29) is 0 Å². The summed E-state index contributed by atoms with van der Waals surface area (Å²) < 4.78 is 0. The molecule has 1 saturated heterocycles. The number of nitrogen functional groups attached to an aromatic ring is 1. The Hall–Kier alpha value is -1.24. The van der Waals surface area contributed by atoms with Crippen molar-refractivity contribution in [2.45, 2.75) is 32.7 Å². The maximum absolute atomic E-state index is 5.57. The van der Waals surface area contributed by atoms with Gasteiger partial charge in [0.05, 0.1) is 0 Å². The van der Waals surface area contributed by atoms with E-state index in [4.69, 9.17) is 10.8 Å². The molecule has 0 amide bonds. The van der Waals surface area contributed by atoms with Gasteiger partial charge in [0.25, 0.3) is 0 Å². The summed E-state index contributed by atoms with van der Waals surface area (Å²) in [5.41, 5.74) is 4.82. The lowest BCUT2D eigenvalue weighted by Crippen LogP contribution is -2.51. The first kappa shape index (κ1) is 15.2. The summed E-state index contributed by atoms with van der Waals surface area (Å²) in [7, 11) is 4.34. The molecule has 3 N–H and O–H groups in total. The monoisotopic (exact) mass is 278 g/mol. The first-order valence-corrected chi connectivity index (χ1v) is 7.27. The first-order chi connectivity index (χ1) is 9.55. The van der Waals surface area contributed by atoms with Gasteiger partial charge in [0.15, 0.2) is 0 Å².